The van der Waals surface area contributed by atoms with Crippen LogP contribution < -0.4 is 10.6 Å². The fourth-order valence-corrected chi connectivity index (χ4v) is 5.37. The quantitative estimate of drug-likeness (QED) is 0.264. The zero-order chi connectivity index (χ0) is 26.8. The predicted molar refractivity (Wildman–Crippen MR) is 149 cm³/mol. The fraction of sp³-hybridized carbons (Fsp3) is 0.312. The number of hydrogen-bond acceptors (Lipinski definition) is 3. The molecule has 0 saturated heterocycles. The molecule has 6 heteroatoms. The molecule has 2 amide bonds. The van der Waals surface area contributed by atoms with Crippen LogP contribution in [0.1, 0.15) is 65.8 Å². The zero-order valence-electron chi connectivity index (χ0n) is 22.1. The van der Waals surface area contributed by atoms with Crippen molar-refractivity contribution in [2.75, 3.05) is 7.05 Å². The highest BCUT2D eigenvalue weighted by molar-refractivity contribution is 6.12. The number of nitrogens with one attached hydrogen (secondary N) is 2. The lowest BCUT2D eigenvalue weighted by Gasteiger charge is -2.35. The zero-order valence-corrected chi connectivity index (χ0v) is 22.1. The summed E-state index contributed by atoms with van der Waals surface area (Å²) in [5, 5.41) is 6.56. The number of carbonyl (C=O) groups excluding carboxylic acids is 2. The number of carbonyl (C=O) groups is 2. The summed E-state index contributed by atoms with van der Waals surface area (Å²) in [5.41, 5.74) is 5.19. The van der Waals surface area contributed by atoms with Crippen molar-refractivity contribution in [3.63, 3.8) is 0 Å². The molecule has 1 aliphatic rings. The van der Waals surface area contributed by atoms with Crippen LogP contribution in [0.15, 0.2) is 65.1 Å². The lowest BCUT2D eigenvalue weighted by molar-refractivity contribution is 0.0887. The van der Waals surface area contributed by atoms with Crippen LogP contribution in [-0.4, -0.2) is 24.9 Å². The topological polar surface area (TPSA) is 71.3 Å². The van der Waals surface area contributed by atoms with Gasteiger partial charge in [-0.15, -0.1) is 0 Å². The van der Waals surface area contributed by atoms with Crippen molar-refractivity contribution in [3.05, 3.63) is 83.2 Å². The molecule has 1 fully saturated rings. The minimum atomic E-state index is -0.356. The van der Waals surface area contributed by atoms with E-state index in [4.69, 9.17) is 4.42 Å². The first kappa shape index (κ1) is 25.7. The van der Waals surface area contributed by atoms with Crippen LogP contribution in [0.4, 0.5) is 4.39 Å². The smallest absolute Gasteiger partial charge is 0.255 e. The van der Waals surface area contributed by atoms with E-state index in [2.05, 4.69) is 24.5 Å². The highest BCUT2D eigenvalue weighted by Crippen LogP contribution is 2.38. The fourth-order valence-electron chi connectivity index (χ4n) is 5.37. The predicted octanol–water partition coefficient (Wildman–Crippen LogP) is 7.14. The summed E-state index contributed by atoms with van der Waals surface area (Å²) in [5.74, 6) is 0.413. The third-order valence-electron chi connectivity index (χ3n) is 7.58. The van der Waals surface area contributed by atoms with Crippen molar-refractivity contribution < 1.29 is 18.4 Å². The van der Waals surface area contributed by atoms with Crippen molar-refractivity contribution in [3.8, 4) is 22.5 Å². The van der Waals surface area contributed by atoms with Gasteiger partial charge in [0.05, 0.1) is 5.56 Å². The monoisotopic (exact) mass is 512 g/mol. The minimum Gasteiger partial charge on any atom is -0.455 e. The first-order valence-corrected chi connectivity index (χ1v) is 13.4. The van der Waals surface area contributed by atoms with Crippen LogP contribution in [-0.2, 0) is 6.42 Å². The number of amides is 2. The number of aryl methyl sites for hydroxylation is 1. The second-order valence-electron chi connectivity index (χ2n) is 10.1. The molecule has 5 nitrogen and oxygen atoms in total. The van der Waals surface area contributed by atoms with Crippen molar-refractivity contribution in [2.24, 2.45) is 5.92 Å². The summed E-state index contributed by atoms with van der Waals surface area (Å²) in [7, 11) is 1.58. The van der Waals surface area contributed by atoms with Crippen LogP contribution in [0.2, 0.25) is 0 Å². The minimum absolute atomic E-state index is 0.0579. The second-order valence-corrected chi connectivity index (χ2v) is 10.1. The third kappa shape index (κ3) is 4.95. The molecule has 2 N–H and O–H groups in total. The Morgan fingerprint density at radius 1 is 0.974 bits per heavy atom. The number of benzene rings is 3. The Balaban J connectivity index is 1.58. The van der Waals surface area contributed by atoms with Crippen molar-refractivity contribution in [1.29, 1.82) is 0 Å². The van der Waals surface area contributed by atoms with E-state index in [1.807, 2.05) is 36.4 Å². The Hall–Kier alpha value is -3.93. The standard InChI is InChI=1S/C32H33FN2O3/c1-4-7-21-17-28-27(29(32(37)34-3)30(38-28)20-10-12-24(33)13-11-20)18-26(21)22-8-6-9-23(16-22)31(36)35-25-14-19(5-2)15-25/h6,8-13,16-19,25H,4-5,7,14-15H2,1-3H3,(H,34,37)(H,35,36). The molecule has 196 valence electrons. The second kappa shape index (κ2) is 10.8. The molecule has 1 aliphatic carbocycles. The number of fused-ring (bicyclic) bond motifs is 1. The van der Waals surface area contributed by atoms with E-state index in [1.54, 1.807) is 19.2 Å². The van der Waals surface area contributed by atoms with E-state index in [0.29, 0.717) is 39.3 Å². The summed E-state index contributed by atoms with van der Waals surface area (Å²) in [6.45, 7) is 4.30. The molecule has 0 bridgehead atoms. The van der Waals surface area contributed by atoms with Gasteiger partial charge in [-0.2, -0.15) is 0 Å². The van der Waals surface area contributed by atoms with E-state index in [-0.39, 0.29) is 23.7 Å². The normalized spacial score (nSPS) is 16.7. The molecule has 0 spiro atoms. The first-order valence-electron chi connectivity index (χ1n) is 13.4. The van der Waals surface area contributed by atoms with Gasteiger partial charge in [0.25, 0.3) is 11.8 Å². The van der Waals surface area contributed by atoms with Gasteiger partial charge in [0.2, 0.25) is 0 Å². The third-order valence-corrected chi connectivity index (χ3v) is 7.58. The van der Waals surface area contributed by atoms with Gasteiger partial charge < -0.3 is 15.1 Å². The number of hydrogen-bond donors (Lipinski definition) is 2. The summed E-state index contributed by atoms with van der Waals surface area (Å²) >= 11 is 0. The Bertz CT molecular complexity index is 1480. The molecule has 1 aromatic heterocycles. The van der Waals surface area contributed by atoms with Crippen molar-refractivity contribution >= 4 is 22.8 Å². The van der Waals surface area contributed by atoms with Gasteiger partial charge in [-0.25, -0.2) is 4.39 Å². The van der Waals surface area contributed by atoms with Crippen LogP contribution >= 0.6 is 0 Å². The van der Waals surface area contributed by atoms with Crippen LogP contribution in [0, 0.1) is 11.7 Å². The molecule has 0 radical (unpaired) electrons. The summed E-state index contributed by atoms with van der Waals surface area (Å²) in [6.07, 6.45) is 4.97. The molecule has 0 unspecified atom stereocenters. The molecular formula is C32H33FN2O3. The van der Waals surface area contributed by atoms with Gasteiger partial charge in [-0.1, -0.05) is 38.8 Å². The van der Waals surface area contributed by atoms with E-state index in [9.17, 15) is 14.0 Å². The van der Waals surface area contributed by atoms with Gasteiger partial charge >= 0.3 is 0 Å². The van der Waals surface area contributed by atoms with Gasteiger partial charge in [-0.05, 0) is 90.4 Å². The lowest BCUT2D eigenvalue weighted by Crippen LogP contribution is -2.44. The molecule has 3 aromatic carbocycles. The first-order chi connectivity index (χ1) is 18.4. The van der Waals surface area contributed by atoms with Crippen LogP contribution in [0.5, 0.6) is 0 Å². The van der Waals surface area contributed by atoms with E-state index >= 15 is 0 Å². The van der Waals surface area contributed by atoms with Crippen molar-refractivity contribution in [2.45, 2.75) is 52.0 Å². The molecule has 5 rings (SSSR count). The highest BCUT2D eigenvalue weighted by Gasteiger charge is 2.29. The lowest BCUT2D eigenvalue weighted by atomic mass is 9.78. The Morgan fingerprint density at radius 3 is 2.42 bits per heavy atom. The Kier molecular flexibility index (Phi) is 7.32. The van der Waals surface area contributed by atoms with Crippen molar-refractivity contribution in [1.82, 2.24) is 10.6 Å². The Morgan fingerprint density at radius 2 is 1.74 bits per heavy atom. The summed E-state index contributed by atoms with van der Waals surface area (Å²) in [4.78, 5) is 26.0. The average molecular weight is 513 g/mol. The van der Waals surface area contributed by atoms with Gasteiger partial charge in [0.15, 0.2) is 0 Å². The largest absolute Gasteiger partial charge is 0.455 e. The molecule has 38 heavy (non-hydrogen) atoms. The Labute approximate surface area is 222 Å². The SMILES string of the molecule is CCCc1cc2oc(-c3ccc(F)cc3)c(C(=O)NC)c2cc1-c1cccc(C(=O)NC2CC(CC)C2)c1. The van der Waals surface area contributed by atoms with E-state index in [0.717, 1.165) is 48.8 Å². The molecule has 1 heterocycles. The van der Waals surface area contributed by atoms with Crippen LogP contribution in [0.3, 0.4) is 0 Å². The maximum absolute atomic E-state index is 13.6. The summed E-state index contributed by atoms with van der Waals surface area (Å²) in [6, 6.07) is 17.8. The maximum atomic E-state index is 13.6. The number of furan rings is 1. The number of rotatable bonds is 8. The van der Waals surface area contributed by atoms with Gasteiger partial charge in [-0.3, -0.25) is 9.59 Å². The molecular weight excluding hydrogens is 479 g/mol. The summed E-state index contributed by atoms with van der Waals surface area (Å²) < 4.78 is 19.8. The van der Waals surface area contributed by atoms with Crippen LogP contribution in [0.25, 0.3) is 33.4 Å². The maximum Gasteiger partial charge on any atom is 0.255 e. The molecule has 0 aliphatic heterocycles. The molecule has 4 aromatic rings. The van der Waals surface area contributed by atoms with E-state index < -0.39 is 0 Å². The number of halogens is 1. The van der Waals surface area contributed by atoms with E-state index in [1.165, 1.54) is 12.1 Å². The van der Waals surface area contributed by atoms with Gasteiger partial charge in [0, 0.05) is 29.6 Å². The average Bonchev–Trinajstić information content (AvgIpc) is 3.28. The molecule has 0 atom stereocenters. The van der Waals surface area contributed by atoms with Gasteiger partial charge in [0.1, 0.15) is 17.2 Å². The highest BCUT2D eigenvalue weighted by atomic mass is 19.1. The molecule has 1 saturated carbocycles.